The number of halogens is 2. The van der Waals surface area contributed by atoms with Gasteiger partial charge in [-0.3, -0.25) is 4.90 Å². The standard InChI is InChI=1S/C16H25FN2O.ClH/c1-12(2)11-14(19-9-7-18-8-10-19)16-13(17)5-4-6-15(16)20-3;/h4-6,12,14,18H,7-11H2,1-3H3;1H/t14-;/m1./s1. The first kappa shape index (κ1) is 18.2. The van der Waals surface area contributed by atoms with Crippen LogP contribution in [0.15, 0.2) is 18.2 Å². The molecule has 1 saturated heterocycles. The quantitative estimate of drug-likeness (QED) is 0.902. The van der Waals surface area contributed by atoms with Gasteiger partial charge in [-0.05, 0) is 24.5 Å². The summed E-state index contributed by atoms with van der Waals surface area (Å²) in [6, 6.07) is 5.19. The Morgan fingerprint density at radius 2 is 1.95 bits per heavy atom. The summed E-state index contributed by atoms with van der Waals surface area (Å²) in [5.41, 5.74) is 0.714. The van der Waals surface area contributed by atoms with E-state index in [0.29, 0.717) is 17.2 Å². The molecule has 1 atom stereocenters. The second-order valence-corrected chi connectivity index (χ2v) is 5.79. The van der Waals surface area contributed by atoms with Crippen LogP contribution in [-0.2, 0) is 0 Å². The minimum Gasteiger partial charge on any atom is -0.496 e. The predicted molar refractivity (Wildman–Crippen MR) is 86.8 cm³/mol. The van der Waals surface area contributed by atoms with Crippen LogP contribution in [0.5, 0.6) is 5.75 Å². The van der Waals surface area contributed by atoms with Crippen LogP contribution in [-0.4, -0.2) is 38.2 Å². The highest BCUT2D eigenvalue weighted by molar-refractivity contribution is 5.85. The molecule has 21 heavy (non-hydrogen) atoms. The third-order valence-corrected chi connectivity index (χ3v) is 3.85. The van der Waals surface area contributed by atoms with Crippen LogP contribution in [0.1, 0.15) is 31.9 Å². The van der Waals surface area contributed by atoms with Gasteiger partial charge in [0.15, 0.2) is 0 Å². The Morgan fingerprint density at radius 3 is 2.52 bits per heavy atom. The largest absolute Gasteiger partial charge is 0.496 e. The number of hydrogen-bond acceptors (Lipinski definition) is 3. The Labute approximate surface area is 133 Å². The Morgan fingerprint density at radius 1 is 1.29 bits per heavy atom. The van der Waals surface area contributed by atoms with E-state index in [-0.39, 0.29) is 24.3 Å². The van der Waals surface area contributed by atoms with Crippen molar-refractivity contribution in [3.05, 3.63) is 29.6 Å². The van der Waals surface area contributed by atoms with Crippen molar-refractivity contribution in [3.63, 3.8) is 0 Å². The molecular formula is C16H26ClFN2O. The maximum atomic E-state index is 14.4. The topological polar surface area (TPSA) is 24.5 Å². The van der Waals surface area contributed by atoms with Crippen LogP contribution in [0.2, 0.25) is 0 Å². The number of nitrogens with zero attached hydrogens (tertiary/aromatic N) is 1. The number of methoxy groups -OCH3 is 1. The summed E-state index contributed by atoms with van der Waals surface area (Å²) in [4.78, 5) is 2.37. The molecule has 3 nitrogen and oxygen atoms in total. The highest BCUT2D eigenvalue weighted by atomic mass is 35.5. The van der Waals surface area contributed by atoms with Crippen LogP contribution >= 0.6 is 12.4 Å². The monoisotopic (exact) mass is 316 g/mol. The van der Waals surface area contributed by atoms with Crippen molar-refractivity contribution in [2.24, 2.45) is 5.92 Å². The lowest BCUT2D eigenvalue weighted by atomic mass is 9.94. The average Bonchev–Trinajstić information content (AvgIpc) is 2.45. The van der Waals surface area contributed by atoms with Crippen molar-refractivity contribution >= 4 is 12.4 Å². The van der Waals surface area contributed by atoms with Crippen molar-refractivity contribution in [1.82, 2.24) is 10.2 Å². The Balaban J connectivity index is 0.00000220. The van der Waals surface area contributed by atoms with E-state index in [1.165, 1.54) is 6.07 Å². The Kier molecular flexibility index (Phi) is 7.43. The highest BCUT2D eigenvalue weighted by Gasteiger charge is 2.28. The van der Waals surface area contributed by atoms with Gasteiger partial charge in [0.05, 0.1) is 7.11 Å². The number of benzene rings is 1. The van der Waals surface area contributed by atoms with Gasteiger partial charge in [-0.2, -0.15) is 0 Å². The molecule has 2 rings (SSSR count). The number of hydrogen-bond donors (Lipinski definition) is 1. The van der Waals surface area contributed by atoms with Gasteiger partial charge in [-0.1, -0.05) is 19.9 Å². The summed E-state index contributed by atoms with van der Waals surface area (Å²) in [5, 5.41) is 3.35. The SMILES string of the molecule is COc1cccc(F)c1[C@@H](CC(C)C)N1CCNCC1.Cl. The zero-order chi connectivity index (χ0) is 14.5. The van der Waals surface area contributed by atoms with Crippen LogP contribution in [0.3, 0.4) is 0 Å². The van der Waals surface area contributed by atoms with Gasteiger partial charge in [0.25, 0.3) is 0 Å². The third-order valence-electron chi connectivity index (χ3n) is 3.85. The predicted octanol–water partition coefficient (Wildman–Crippen LogP) is 3.25. The second kappa shape index (κ2) is 8.57. The van der Waals surface area contributed by atoms with Gasteiger partial charge in [0.1, 0.15) is 11.6 Å². The van der Waals surface area contributed by atoms with Crippen LogP contribution in [0.4, 0.5) is 4.39 Å². The molecule has 0 aliphatic carbocycles. The van der Waals surface area contributed by atoms with Crippen LogP contribution in [0, 0.1) is 11.7 Å². The molecule has 1 aliphatic rings. The molecular weight excluding hydrogens is 291 g/mol. The Bertz CT molecular complexity index is 436. The molecule has 0 aromatic heterocycles. The maximum Gasteiger partial charge on any atom is 0.131 e. The first-order chi connectivity index (χ1) is 9.63. The first-order valence-electron chi connectivity index (χ1n) is 7.40. The summed E-state index contributed by atoms with van der Waals surface area (Å²) >= 11 is 0. The maximum absolute atomic E-state index is 14.4. The number of nitrogens with one attached hydrogen (secondary N) is 1. The zero-order valence-electron chi connectivity index (χ0n) is 13.1. The molecule has 0 unspecified atom stereocenters. The molecule has 0 saturated carbocycles. The van der Waals surface area contributed by atoms with Crippen LogP contribution in [0.25, 0.3) is 0 Å². The van der Waals surface area contributed by atoms with Crippen molar-refractivity contribution in [2.75, 3.05) is 33.3 Å². The van der Waals surface area contributed by atoms with Gasteiger partial charge in [-0.25, -0.2) is 4.39 Å². The Hall–Kier alpha value is -0.840. The molecule has 1 aliphatic heterocycles. The first-order valence-corrected chi connectivity index (χ1v) is 7.40. The van der Waals surface area contributed by atoms with Crippen molar-refractivity contribution in [1.29, 1.82) is 0 Å². The summed E-state index contributed by atoms with van der Waals surface area (Å²) < 4.78 is 19.8. The fourth-order valence-corrected chi connectivity index (χ4v) is 2.91. The third kappa shape index (κ3) is 4.56. The molecule has 1 heterocycles. The summed E-state index contributed by atoms with van der Waals surface area (Å²) in [5.74, 6) is 1.02. The van der Waals surface area contributed by atoms with Gasteiger partial charge >= 0.3 is 0 Å². The zero-order valence-corrected chi connectivity index (χ0v) is 13.9. The molecule has 120 valence electrons. The van der Waals surface area contributed by atoms with Crippen molar-refractivity contribution in [3.8, 4) is 5.75 Å². The van der Waals surface area contributed by atoms with E-state index >= 15 is 0 Å². The van der Waals surface area contributed by atoms with E-state index in [1.54, 1.807) is 13.2 Å². The van der Waals surface area contributed by atoms with Gasteiger partial charge in [0.2, 0.25) is 0 Å². The fraction of sp³-hybridized carbons (Fsp3) is 0.625. The van der Waals surface area contributed by atoms with Crippen LogP contribution < -0.4 is 10.1 Å². The van der Waals surface area contributed by atoms with Gasteiger partial charge in [-0.15, -0.1) is 12.4 Å². The molecule has 1 N–H and O–H groups in total. The average molecular weight is 317 g/mol. The highest BCUT2D eigenvalue weighted by Crippen LogP contribution is 2.36. The summed E-state index contributed by atoms with van der Waals surface area (Å²) in [6.07, 6.45) is 0.942. The fourth-order valence-electron chi connectivity index (χ4n) is 2.91. The summed E-state index contributed by atoms with van der Waals surface area (Å²) in [7, 11) is 1.61. The van der Waals surface area contributed by atoms with E-state index in [4.69, 9.17) is 4.74 Å². The van der Waals surface area contributed by atoms with Gasteiger partial charge in [0, 0.05) is 37.8 Å². The number of rotatable bonds is 5. The molecule has 0 bridgehead atoms. The van der Waals surface area contributed by atoms with Crippen molar-refractivity contribution < 1.29 is 9.13 Å². The lowest BCUT2D eigenvalue weighted by Crippen LogP contribution is -2.45. The summed E-state index contributed by atoms with van der Waals surface area (Å²) in [6.45, 7) is 8.20. The minimum absolute atomic E-state index is 0. The second-order valence-electron chi connectivity index (χ2n) is 5.79. The van der Waals surface area contributed by atoms with E-state index in [1.807, 2.05) is 6.07 Å². The minimum atomic E-state index is -0.159. The molecule has 5 heteroatoms. The van der Waals surface area contributed by atoms with Crippen molar-refractivity contribution in [2.45, 2.75) is 26.3 Å². The van der Waals surface area contributed by atoms with E-state index < -0.39 is 0 Å². The number of ether oxygens (including phenoxy) is 1. The van der Waals surface area contributed by atoms with E-state index in [0.717, 1.165) is 32.6 Å². The van der Waals surface area contributed by atoms with E-state index in [9.17, 15) is 4.39 Å². The molecule has 1 aromatic carbocycles. The smallest absolute Gasteiger partial charge is 0.131 e. The molecule has 0 amide bonds. The van der Waals surface area contributed by atoms with E-state index in [2.05, 4.69) is 24.1 Å². The molecule has 0 radical (unpaired) electrons. The number of piperazine rings is 1. The normalized spacial score (nSPS) is 17.4. The molecule has 1 fully saturated rings. The molecule has 1 aromatic rings. The van der Waals surface area contributed by atoms with Gasteiger partial charge < -0.3 is 10.1 Å². The lowest BCUT2D eigenvalue weighted by molar-refractivity contribution is 0.148. The molecule has 0 spiro atoms. The lowest BCUT2D eigenvalue weighted by Gasteiger charge is -2.36.